The van der Waals surface area contributed by atoms with Gasteiger partial charge in [0.2, 0.25) is 5.91 Å². The van der Waals surface area contributed by atoms with Crippen molar-refractivity contribution >= 4 is 23.5 Å². The number of carbonyl (C=O) groups excluding carboxylic acids is 1. The van der Waals surface area contributed by atoms with Gasteiger partial charge >= 0.3 is 0 Å². The number of hydrogen-bond donors (Lipinski definition) is 3. The molecule has 2 aromatic rings. The van der Waals surface area contributed by atoms with E-state index in [0.29, 0.717) is 36.2 Å². The summed E-state index contributed by atoms with van der Waals surface area (Å²) in [5, 5.41) is 9.83. The van der Waals surface area contributed by atoms with Crippen molar-refractivity contribution in [2.75, 3.05) is 19.6 Å². The fourth-order valence-corrected chi connectivity index (χ4v) is 2.51. The van der Waals surface area contributed by atoms with Crippen molar-refractivity contribution in [3.8, 4) is 0 Å². The Morgan fingerprint density at radius 3 is 2.48 bits per heavy atom. The first-order valence-electron chi connectivity index (χ1n) is 8.84. The monoisotopic (exact) mass is 390 g/mol. The van der Waals surface area contributed by atoms with E-state index in [9.17, 15) is 9.18 Å². The molecule has 27 heavy (non-hydrogen) atoms. The summed E-state index contributed by atoms with van der Waals surface area (Å²) in [6, 6.07) is 13.6. The van der Waals surface area contributed by atoms with Crippen LogP contribution in [0.2, 0.25) is 5.02 Å². The zero-order valence-electron chi connectivity index (χ0n) is 15.3. The molecule has 0 unspecified atom stereocenters. The van der Waals surface area contributed by atoms with Gasteiger partial charge in [-0.15, -0.1) is 0 Å². The summed E-state index contributed by atoms with van der Waals surface area (Å²) in [7, 11) is 0. The Hall–Kier alpha value is -2.60. The molecular formula is C20H24ClFN4O. The van der Waals surface area contributed by atoms with Gasteiger partial charge in [0.05, 0.1) is 13.0 Å². The molecule has 0 aromatic heterocycles. The topological polar surface area (TPSA) is 65.5 Å². The third kappa shape index (κ3) is 8.09. The molecule has 0 radical (unpaired) electrons. The van der Waals surface area contributed by atoms with Gasteiger partial charge in [-0.05, 0) is 42.3 Å². The second kappa shape index (κ2) is 11.2. The fraction of sp³-hybridized carbons (Fsp3) is 0.300. The first-order chi connectivity index (χ1) is 13.1. The molecule has 144 valence electrons. The fourth-order valence-electron chi connectivity index (χ4n) is 2.38. The molecular weight excluding hydrogens is 367 g/mol. The molecule has 0 saturated carbocycles. The Morgan fingerprint density at radius 1 is 1.04 bits per heavy atom. The molecule has 0 aliphatic carbocycles. The molecule has 3 N–H and O–H groups in total. The predicted octanol–water partition coefficient (Wildman–Crippen LogP) is 2.89. The minimum Gasteiger partial charge on any atom is -0.357 e. The van der Waals surface area contributed by atoms with Gasteiger partial charge in [-0.1, -0.05) is 35.9 Å². The minimum atomic E-state index is -0.339. The number of aliphatic imine (C=N–C) groups is 1. The molecule has 0 bridgehead atoms. The first-order valence-corrected chi connectivity index (χ1v) is 9.22. The molecule has 2 rings (SSSR count). The zero-order valence-corrected chi connectivity index (χ0v) is 16.0. The van der Waals surface area contributed by atoms with E-state index >= 15 is 0 Å². The lowest BCUT2D eigenvalue weighted by atomic mass is 10.1. The Labute approximate surface area is 164 Å². The molecule has 0 aliphatic rings. The maximum Gasteiger partial charge on any atom is 0.224 e. The van der Waals surface area contributed by atoms with E-state index in [1.54, 1.807) is 12.1 Å². The smallest absolute Gasteiger partial charge is 0.224 e. The van der Waals surface area contributed by atoms with Crippen LogP contribution in [0.15, 0.2) is 53.5 Å². The summed E-state index contributed by atoms with van der Waals surface area (Å²) >= 11 is 5.88. The largest absolute Gasteiger partial charge is 0.357 e. The molecule has 2 aromatic carbocycles. The quantitative estimate of drug-likeness (QED) is 0.369. The molecule has 0 fully saturated rings. The average Bonchev–Trinajstić information content (AvgIpc) is 2.64. The Kier molecular flexibility index (Phi) is 8.58. The van der Waals surface area contributed by atoms with Crippen LogP contribution in [0.1, 0.15) is 18.1 Å². The lowest BCUT2D eigenvalue weighted by Crippen LogP contribution is -2.41. The number of hydrogen-bond acceptors (Lipinski definition) is 2. The summed E-state index contributed by atoms with van der Waals surface area (Å²) in [6.45, 7) is 4.22. The van der Waals surface area contributed by atoms with Crippen LogP contribution in [0, 0.1) is 5.82 Å². The number of nitrogens with zero attached hydrogens (tertiary/aromatic N) is 1. The van der Waals surface area contributed by atoms with E-state index < -0.39 is 0 Å². The van der Waals surface area contributed by atoms with E-state index in [-0.39, 0.29) is 18.1 Å². The zero-order chi connectivity index (χ0) is 19.5. The van der Waals surface area contributed by atoms with Crippen molar-refractivity contribution in [2.45, 2.75) is 19.9 Å². The van der Waals surface area contributed by atoms with Crippen LogP contribution >= 0.6 is 11.6 Å². The number of halogens is 2. The summed E-state index contributed by atoms with van der Waals surface area (Å²) in [6.07, 6.45) is 0.155. The van der Waals surface area contributed by atoms with Crippen molar-refractivity contribution in [1.82, 2.24) is 16.0 Å². The highest BCUT2D eigenvalue weighted by atomic mass is 35.5. The maximum atomic E-state index is 13.1. The van der Waals surface area contributed by atoms with Gasteiger partial charge in [-0.25, -0.2) is 9.38 Å². The molecule has 0 saturated heterocycles. The van der Waals surface area contributed by atoms with Crippen LogP contribution in [0.4, 0.5) is 4.39 Å². The van der Waals surface area contributed by atoms with Gasteiger partial charge in [0, 0.05) is 24.7 Å². The van der Waals surface area contributed by atoms with Gasteiger partial charge < -0.3 is 16.0 Å². The number of guanidine groups is 1. The van der Waals surface area contributed by atoms with Crippen LogP contribution in [-0.2, 0) is 17.8 Å². The van der Waals surface area contributed by atoms with Gasteiger partial charge in [0.1, 0.15) is 5.82 Å². The summed E-state index contributed by atoms with van der Waals surface area (Å²) in [4.78, 5) is 16.4. The molecule has 5 nitrogen and oxygen atoms in total. The summed E-state index contributed by atoms with van der Waals surface area (Å²) in [5.74, 6) is 0.187. The summed E-state index contributed by atoms with van der Waals surface area (Å²) in [5.41, 5.74) is 1.71. The van der Waals surface area contributed by atoms with Gasteiger partial charge in [-0.3, -0.25) is 4.79 Å². The molecule has 0 spiro atoms. The highest BCUT2D eigenvalue weighted by molar-refractivity contribution is 6.30. The van der Waals surface area contributed by atoms with Gasteiger partial charge in [0.25, 0.3) is 0 Å². The average molecular weight is 391 g/mol. The number of nitrogens with one attached hydrogen (secondary N) is 3. The maximum absolute atomic E-state index is 13.1. The summed E-state index contributed by atoms with van der Waals surface area (Å²) < 4.78 is 13.1. The molecule has 1 amide bonds. The SMILES string of the molecule is CCNC(=NCc1ccc(Cl)cc1)NCCNC(=O)Cc1cccc(F)c1. The normalized spacial score (nSPS) is 11.1. The lowest BCUT2D eigenvalue weighted by Gasteiger charge is -2.12. The van der Waals surface area contributed by atoms with Crippen molar-refractivity contribution in [1.29, 1.82) is 0 Å². The lowest BCUT2D eigenvalue weighted by molar-refractivity contribution is -0.120. The Balaban J connectivity index is 1.74. The Morgan fingerprint density at radius 2 is 1.78 bits per heavy atom. The Bertz CT molecular complexity index is 765. The van der Waals surface area contributed by atoms with Gasteiger partial charge in [0.15, 0.2) is 5.96 Å². The molecule has 0 atom stereocenters. The highest BCUT2D eigenvalue weighted by Crippen LogP contribution is 2.10. The highest BCUT2D eigenvalue weighted by Gasteiger charge is 2.04. The van der Waals surface area contributed by atoms with Crippen LogP contribution in [0.3, 0.4) is 0 Å². The van der Waals surface area contributed by atoms with Crippen molar-refractivity contribution in [3.63, 3.8) is 0 Å². The van der Waals surface area contributed by atoms with Crippen LogP contribution < -0.4 is 16.0 Å². The second-order valence-electron chi connectivity index (χ2n) is 5.91. The van der Waals surface area contributed by atoms with Crippen LogP contribution in [0.5, 0.6) is 0 Å². The molecule has 0 heterocycles. The number of benzene rings is 2. The van der Waals surface area contributed by atoms with Crippen molar-refractivity contribution in [2.24, 2.45) is 4.99 Å². The van der Waals surface area contributed by atoms with Crippen molar-refractivity contribution in [3.05, 3.63) is 70.5 Å². The third-order valence-electron chi connectivity index (χ3n) is 3.67. The first kappa shape index (κ1) is 20.7. The third-order valence-corrected chi connectivity index (χ3v) is 3.92. The van der Waals surface area contributed by atoms with Gasteiger partial charge in [-0.2, -0.15) is 0 Å². The number of amides is 1. The standard InChI is InChI=1S/C20H24ClFN4O/c1-2-23-20(26-14-15-6-8-17(21)9-7-15)25-11-10-24-19(27)13-16-4-3-5-18(22)12-16/h3-9,12H,2,10-11,13-14H2,1H3,(H,24,27)(H2,23,25,26). The van der Waals surface area contributed by atoms with E-state index in [0.717, 1.165) is 12.1 Å². The van der Waals surface area contributed by atoms with E-state index in [1.807, 2.05) is 31.2 Å². The predicted molar refractivity (Wildman–Crippen MR) is 107 cm³/mol. The molecule has 7 heteroatoms. The van der Waals surface area contributed by atoms with E-state index in [2.05, 4.69) is 20.9 Å². The number of rotatable bonds is 8. The van der Waals surface area contributed by atoms with Crippen molar-refractivity contribution < 1.29 is 9.18 Å². The molecule has 0 aliphatic heterocycles. The van der Waals surface area contributed by atoms with Crippen LogP contribution in [-0.4, -0.2) is 31.5 Å². The minimum absolute atomic E-state index is 0.148. The number of carbonyl (C=O) groups is 1. The van der Waals surface area contributed by atoms with E-state index in [1.165, 1.54) is 12.1 Å². The van der Waals surface area contributed by atoms with Crippen LogP contribution in [0.25, 0.3) is 0 Å². The van der Waals surface area contributed by atoms with E-state index in [4.69, 9.17) is 11.6 Å². The second-order valence-corrected chi connectivity index (χ2v) is 6.34.